The van der Waals surface area contributed by atoms with Gasteiger partial charge in [-0.15, -0.1) is 21.5 Å². The molecule has 1 aromatic rings. The van der Waals surface area contributed by atoms with E-state index in [2.05, 4.69) is 15.5 Å². The van der Waals surface area contributed by atoms with E-state index < -0.39 is 0 Å². The van der Waals surface area contributed by atoms with Crippen molar-refractivity contribution in [2.45, 2.75) is 13.0 Å². The number of morpholine rings is 1. The molecule has 0 radical (unpaired) electrons. The Morgan fingerprint density at radius 1 is 1.58 bits per heavy atom. The molecule has 1 fully saturated rings. The van der Waals surface area contributed by atoms with Crippen molar-refractivity contribution < 1.29 is 4.74 Å². The van der Waals surface area contributed by atoms with Crippen LogP contribution in [-0.4, -0.2) is 30.0 Å². The minimum atomic E-state index is 0.255. The van der Waals surface area contributed by atoms with E-state index in [9.17, 15) is 0 Å². The standard InChI is InChI=1S/C7H11N3OS/c1-5-9-10-7(12-5)6-4-11-3-2-8-6/h6,8H,2-4H2,1H3. The van der Waals surface area contributed by atoms with Crippen LogP contribution in [0.15, 0.2) is 0 Å². The second kappa shape index (κ2) is 3.47. The van der Waals surface area contributed by atoms with Crippen LogP contribution in [0, 0.1) is 6.92 Å². The first-order valence-electron chi connectivity index (χ1n) is 3.97. The Balaban J connectivity index is 2.08. The second-order valence-corrected chi connectivity index (χ2v) is 3.95. The van der Waals surface area contributed by atoms with Gasteiger partial charge in [-0.1, -0.05) is 0 Å². The maximum absolute atomic E-state index is 5.32. The minimum Gasteiger partial charge on any atom is -0.378 e. The number of hydrogen-bond acceptors (Lipinski definition) is 5. The molecule has 0 saturated carbocycles. The van der Waals surface area contributed by atoms with Crippen LogP contribution in [0.1, 0.15) is 16.1 Å². The van der Waals surface area contributed by atoms with Crippen molar-refractivity contribution in [1.82, 2.24) is 15.5 Å². The van der Waals surface area contributed by atoms with Crippen molar-refractivity contribution in [2.75, 3.05) is 19.8 Å². The molecule has 1 unspecified atom stereocenters. The molecule has 12 heavy (non-hydrogen) atoms. The number of aryl methyl sites for hydroxylation is 1. The van der Waals surface area contributed by atoms with Crippen molar-refractivity contribution in [3.05, 3.63) is 10.0 Å². The third-order valence-electron chi connectivity index (χ3n) is 1.76. The van der Waals surface area contributed by atoms with E-state index in [0.717, 1.165) is 23.2 Å². The molecule has 0 bridgehead atoms. The van der Waals surface area contributed by atoms with Gasteiger partial charge in [0.15, 0.2) is 0 Å². The summed E-state index contributed by atoms with van der Waals surface area (Å²) in [5.74, 6) is 0. The highest BCUT2D eigenvalue weighted by atomic mass is 32.1. The van der Waals surface area contributed by atoms with Gasteiger partial charge in [-0.05, 0) is 6.92 Å². The van der Waals surface area contributed by atoms with Gasteiger partial charge in [-0.2, -0.15) is 0 Å². The normalized spacial score (nSPS) is 24.2. The summed E-state index contributed by atoms with van der Waals surface area (Å²) < 4.78 is 5.32. The van der Waals surface area contributed by atoms with E-state index in [1.54, 1.807) is 11.3 Å². The van der Waals surface area contributed by atoms with Crippen LogP contribution in [0.5, 0.6) is 0 Å². The maximum Gasteiger partial charge on any atom is 0.136 e. The van der Waals surface area contributed by atoms with Crippen LogP contribution in [0.25, 0.3) is 0 Å². The summed E-state index contributed by atoms with van der Waals surface area (Å²) in [4.78, 5) is 0. The van der Waals surface area contributed by atoms with Gasteiger partial charge in [0.05, 0.1) is 19.3 Å². The molecule has 1 aliphatic rings. The van der Waals surface area contributed by atoms with Crippen LogP contribution in [-0.2, 0) is 4.74 Å². The van der Waals surface area contributed by atoms with Crippen LogP contribution >= 0.6 is 11.3 Å². The molecule has 1 aliphatic heterocycles. The molecule has 66 valence electrons. The van der Waals surface area contributed by atoms with E-state index in [1.165, 1.54) is 0 Å². The first-order valence-corrected chi connectivity index (χ1v) is 4.79. The lowest BCUT2D eigenvalue weighted by Crippen LogP contribution is -2.34. The molecule has 0 aromatic carbocycles. The molecule has 0 aliphatic carbocycles. The van der Waals surface area contributed by atoms with Crippen molar-refractivity contribution >= 4 is 11.3 Å². The predicted octanol–water partition coefficient (Wildman–Crippen LogP) is 0.507. The Kier molecular flexibility index (Phi) is 2.34. The first-order chi connectivity index (χ1) is 5.86. The highest BCUT2D eigenvalue weighted by molar-refractivity contribution is 7.11. The van der Waals surface area contributed by atoms with Gasteiger partial charge in [-0.25, -0.2) is 0 Å². The van der Waals surface area contributed by atoms with Gasteiger partial charge in [0.1, 0.15) is 10.0 Å². The monoisotopic (exact) mass is 185 g/mol. The molecular formula is C7H11N3OS. The van der Waals surface area contributed by atoms with Crippen LogP contribution in [0.3, 0.4) is 0 Å². The summed E-state index contributed by atoms with van der Waals surface area (Å²) >= 11 is 1.63. The molecule has 1 saturated heterocycles. The number of nitrogens with zero attached hydrogens (tertiary/aromatic N) is 2. The Morgan fingerprint density at radius 2 is 2.50 bits per heavy atom. The quantitative estimate of drug-likeness (QED) is 0.692. The summed E-state index contributed by atoms with van der Waals surface area (Å²) in [5.41, 5.74) is 0. The molecular weight excluding hydrogens is 174 g/mol. The Bertz CT molecular complexity index is 257. The van der Waals surface area contributed by atoms with Crippen molar-refractivity contribution in [3.8, 4) is 0 Å². The largest absolute Gasteiger partial charge is 0.378 e. The molecule has 2 rings (SSSR count). The molecule has 1 atom stereocenters. The average Bonchev–Trinajstić information content (AvgIpc) is 2.54. The van der Waals surface area contributed by atoms with Crippen molar-refractivity contribution in [2.24, 2.45) is 0 Å². The zero-order valence-corrected chi connectivity index (χ0v) is 7.73. The van der Waals surface area contributed by atoms with Gasteiger partial charge in [0.25, 0.3) is 0 Å². The zero-order valence-electron chi connectivity index (χ0n) is 6.91. The molecule has 0 amide bonds. The number of hydrogen-bond donors (Lipinski definition) is 1. The molecule has 2 heterocycles. The lowest BCUT2D eigenvalue weighted by Gasteiger charge is -2.21. The summed E-state index contributed by atoms with van der Waals surface area (Å²) in [7, 11) is 0. The fourth-order valence-corrected chi connectivity index (χ4v) is 1.94. The van der Waals surface area contributed by atoms with E-state index in [1.807, 2.05) is 6.92 Å². The van der Waals surface area contributed by atoms with Gasteiger partial charge in [-0.3, -0.25) is 0 Å². The topological polar surface area (TPSA) is 47.0 Å². The van der Waals surface area contributed by atoms with E-state index in [-0.39, 0.29) is 6.04 Å². The SMILES string of the molecule is Cc1nnc(C2COCCN2)s1. The molecule has 1 aromatic heterocycles. The molecule has 1 N–H and O–H groups in total. The summed E-state index contributed by atoms with van der Waals surface area (Å²) in [6.45, 7) is 4.39. The first kappa shape index (κ1) is 8.10. The Labute approximate surface area is 75.0 Å². The summed E-state index contributed by atoms with van der Waals surface area (Å²) in [6, 6.07) is 0.255. The lowest BCUT2D eigenvalue weighted by molar-refractivity contribution is 0.0766. The van der Waals surface area contributed by atoms with Gasteiger partial charge < -0.3 is 10.1 Å². The Morgan fingerprint density at radius 3 is 3.08 bits per heavy atom. The fraction of sp³-hybridized carbons (Fsp3) is 0.714. The number of rotatable bonds is 1. The number of ether oxygens (including phenoxy) is 1. The minimum absolute atomic E-state index is 0.255. The lowest BCUT2D eigenvalue weighted by atomic mass is 10.3. The second-order valence-electron chi connectivity index (χ2n) is 2.74. The highest BCUT2D eigenvalue weighted by Crippen LogP contribution is 2.18. The fourth-order valence-electron chi connectivity index (χ4n) is 1.18. The van der Waals surface area contributed by atoms with Crippen LogP contribution in [0.2, 0.25) is 0 Å². The van der Waals surface area contributed by atoms with E-state index >= 15 is 0 Å². The smallest absolute Gasteiger partial charge is 0.136 e. The van der Waals surface area contributed by atoms with Crippen LogP contribution in [0.4, 0.5) is 0 Å². The average molecular weight is 185 g/mol. The Hall–Kier alpha value is -0.520. The van der Waals surface area contributed by atoms with E-state index in [0.29, 0.717) is 6.61 Å². The summed E-state index contributed by atoms with van der Waals surface area (Å²) in [6.07, 6.45) is 0. The van der Waals surface area contributed by atoms with Crippen molar-refractivity contribution in [3.63, 3.8) is 0 Å². The third kappa shape index (κ3) is 1.63. The van der Waals surface area contributed by atoms with Gasteiger partial charge in [0, 0.05) is 6.54 Å². The number of nitrogens with one attached hydrogen (secondary N) is 1. The highest BCUT2D eigenvalue weighted by Gasteiger charge is 2.18. The van der Waals surface area contributed by atoms with Gasteiger partial charge >= 0.3 is 0 Å². The van der Waals surface area contributed by atoms with Crippen molar-refractivity contribution in [1.29, 1.82) is 0 Å². The zero-order chi connectivity index (χ0) is 8.39. The molecule has 5 heteroatoms. The summed E-state index contributed by atoms with van der Waals surface area (Å²) in [5, 5.41) is 13.4. The molecule has 0 spiro atoms. The maximum atomic E-state index is 5.32. The predicted molar refractivity (Wildman–Crippen MR) is 46.2 cm³/mol. The number of aromatic nitrogens is 2. The van der Waals surface area contributed by atoms with E-state index in [4.69, 9.17) is 4.74 Å². The third-order valence-corrected chi connectivity index (χ3v) is 2.71. The van der Waals surface area contributed by atoms with Gasteiger partial charge in [0.2, 0.25) is 0 Å². The molecule has 4 nitrogen and oxygen atoms in total. The van der Waals surface area contributed by atoms with Crippen LogP contribution < -0.4 is 5.32 Å².